The van der Waals surface area contributed by atoms with Gasteiger partial charge < -0.3 is 4.52 Å². The Morgan fingerprint density at radius 2 is 2.06 bits per heavy atom. The summed E-state index contributed by atoms with van der Waals surface area (Å²) in [5.74, 6) is 1.37. The van der Waals surface area contributed by atoms with Crippen molar-refractivity contribution in [1.29, 1.82) is 0 Å². The summed E-state index contributed by atoms with van der Waals surface area (Å²) in [5, 5.41) is 0. The molecular weight excluding hydrogens is 226 g/mol. The molecule has 0 heterocycles. The highest BCUT2D eigenvalue weighted by Crippen LogP contribution is 2.52. The van der Waals surface area contributed by atoms with Crippen LogP contribution in [-0.2, 0) is 9.09 Å². The van der Waals surface area contributed by atoms with E-state index in [9.17, 15) is 8.76 Å². The first-order chi connectivity index (χ1) is 7.35. The first kappa shape index (κ1) is 14.2. The largest absolute Gasteiger partial charge is 0.367 e. The first-order valence-corrected chi connectivity index (χ1v) is 8.03. The summed E-state index contributed by atoms with van der Waals surface area (Å²) >= 11 is 0. The van der Waals surface area contributed by atoms with Crippen molar-refractivity contribution in [2.24, 2.45) is 17.8 Å². The normalized spacial score (nSPS) is 35.0. The van der Waals surface area contributed by atoms with Gasteiger partial charge in [0.2, 0.25) is 0 Å². The van der Waals surface area contributed by atoms with Crippen LogP contribution in [0.2, 0.25) is 0 Å². The first-order valence-electron chi connectivity index (χ1n) is 6.32. The molecule has 0 saturated heterocycles. The zero-order chi connectivity index (χ0) is 12.3. The fourth-order valence-corrected chi connectivity index (χ4v) is 3.31. The van der Waals surface area contributed by atoms with E-state index in [0.717, 1.165) is 12.8 Å². The Morgan fingerprint density at radius 1 is 1.44 bits per heavy atom. The highest BCUT2D eigenvalue weighted by Gasteiger charge is 2.36. The van der Waals surface area contributed by atoms with E-state index in [1.807, 2.05) is 0 Å². The molecule has 0 radical (unpaired) electrons. The summed E-state index contributed by atoms with van der Waals surface area (Å²) in [7, 11) is -3.85. The Hall–Kier alpha value is 0.120. The average molecular weight is 250 g/mol. The second-order valence-electron chi connectivity index (χ2n) is 5.38. The lowest BCUT2D eigenvalue weighted by atomic mass is 9.75. The molecule has 4 unspecified atom stereocenters. The van der Waals surface area contributed by atoms with Crippen molar-refractivity contribution in [1.82, 2.24) is 0 Å². The molecule has 1 rings (SSSR count). The van der Waals surface area contributed by atoms with E-state index >= 15 is 0 Å². The van der Waals surface area contributed by atoms with Gasteiger partial charge in [-0.1, -0.05) is 34.1 Å². The van der Waals surface area contributed by atoms with Crippen LogP contribution < -0.4 is 0 Å². The maximum atomic E-state index is 13.5. The molecule has 0 aromatic heterocycles. The third kappa shape index (κ3) is 3.85. The molecule has 1 aliphatic rings. The summed E-state index contributed by atoms with van der Waals surface area (Å²) in [6, 6.07) is 0. The minimum absolute atomic E-state index is 0.0112. The van der Waals surface area contributed by atoms with Gasteiger partial charge in [-0.25, -0.2) is 0 Å². The van der Waals surface area contributed by atoms with Crippen LogP contribution in [0.5, 0.6) is 0 Å². The molecule has 96 valence electrons. The molecule has 0 spiro atoms. The zero-order valence-electron chi connectivity index (χ0n) is 10.8. The van der Waals surface area contributed by atoms with Crippen LogP contribution in [0, 0.1) is 17.8 Å². The lowest BCUT2D eigenvalue weighted by molar-refractivity contribution is 0.0426. The molecule has 2 nitrogen and oxygen atoms in total. The number of hydrogen-bond donors (Lipinski definition) is 0. The van der Waals surface area contributed by atoms with Crippen LogP contribution in [0.3, 0.4) is 0 Å². The van der Waals surface area contributed by atoms with E-state index < -0.39 is 7.68 Å². The van der Waals surface area contributed by atoms with Crippen LogP contribution >= 0.6 is 7.68 Å². The summed E-state index contributed by atoms with van der Waals surface area (Å²) in [5.41, 5.74) is 0. The molecule has 1 aliphatic carbocycles. The second-order valence-corrected chi connectivity index (χ2v) is 7.40. The maximum absolute atomic E-state index is 13.5. The van der Waals surface area contributed by atoms with Crippen molar-refractivity contribution in [2.45, 2.75) is 53.1 Å². The third-order valence-corrected chi connectivity index (χ3v) is 4.97. The van der Waals surface area contributed by atoms with Crippen molar-refractivity contribution in [3.8, 4) is 0 Å². The molecule has 4 heteroatoms. The second kappa shape index (κ2) is 5.64. The molecule has 0 bridgehead atoms. The fourth-order valence-electron chi connectivity index (χ4n) is 2.51. The Morgan fingerprint density at radius 3 is 2.56 bits per heavy atom. The number of halogens is 1. The van der Waals surface area contributed by atoms with Gasteiger partial charge in [-0.05, 0) is 30.6 Å². The SMILES string of the molecule is CCP(=O)(F)OC1CC(C)CCC1C(C)C. The van der Waals surface area contributed by atoms with E-state index in [2.05, 4.69) is 20.8 Å². The molecule has 4 atom stereocenters. The fraction of sp³-hybridized carbons (Fsp3) is 1.00. The van der Waals surface area contributed by atoms with Crippen LogP contribution in [0.25, 0.3) is 0 Å². The van der Waals surface area contributed by atoms with Gasteiger partial charge in [0.1, 0.15) is 0 Å². The van der Waals surface area contributed by atoms with Gasteiger partial charge in [0.05, 0.1) is 12.3 Å². The van der Waals surface area contributed by atoms with Crippen LogP contribution in [-0.4, -0.2) is 12.3 Å². The Bertz CT molecular complexity index is 268. The van der Waals surface area contributed by atoms with Crippen molar-refractivity contribution in [2.75, 3.05) is 6.16 Å². The summed E-state index contributed by atoms with van der Waals surface area (Å²) in [6.45, 7) is 8.00. The lowest BCUT2D eigenvalue weighted by Crippen LogP contribution is -2.33. The molecule has 0 aromatic carbocycles. The third-order valence-electron chi connectivity index (χ3n) is 3.63. The molecular formula is C12H24FO2P. The molecule has 0 N–H and O–H groups in total. The van der Waals surface area contributed by atoms with E-state index in [1.165, 1.54) is 6.42 Å². The zero-order valence-corrected chi connectivity index (χ0v) is 11.7. The van der Waals surface area contributed by atoms with Crippen molar-refractivity contribution in [3.05, 3.63) is 0 Å². The van der Waals surface area contributed by atoms with Gasteiger partial charge in [0.15, 0.2) is 0 Å². The standard InChI is InChI=1S/C12H24FO2P/c1-5-16(13,14)15-12-8-10(4)6-7-11(12)9(2)3/h9-12H,5-8H2,1-4H3. The molecule has 1 fully saturated rings. The monoisotopic (exact) mass is 250 g/mol. The summed E-state index contributed by atoms with van der Waals surface area (Å²) < 4.78 is 30.2. The van der Waals surface area contributed by atoms with E-state index in [4.69, 9.17) is 4.52 Å². The summed E-state index contributed by atoms with van der Waals surface area (Å²) in [6.07, 6.45) is 2.91. The van der Waals surface area contributed by atoms with E-state index in [-0.39, 0.29) is 12.3 Å². The lowest BCUT2D eigenvalue weighted by Gasteiger charge is -2.37. The smallest absolute Gasteiger partial charge is 0.302 e. The molecule has 0 aromatic rings. The Balaban J connectivity index is 2.68. The Labute approximate surface area is 98.5 Å². The van der Waals surface area contributed by atoms with Crippen LogP contribution in [0.4, 0.5) is 4.20 Å². The molecule has 16 heavy (non-hydrogen) atoms. The molecule has 1 saturated carbocycles. The number of rotatable bonds is 4. The number of hydrogen-bond acceptors (Lipinski definition) is 2. The molecule has 0 amide bonds. The van der Waals surface area contributed by atoms with Crippen molar-refractivity contribution >= 4 is 7.68 Å². The quantitative estimate of drug-likeness (QED) is 0.679. The van der Waals surface area contributed by atoms with Crippen LogP contribution in [0.1, 0.15) is 47.0 Å². The average Bonchev–Trinajstić information content (AvgIpc) is 2.16. The molecule has 0 aliphatic heterocycles. The minimum Gasteiger partial charge on any atom is -0.302 e. The van der Waals surface area contributed by atoms with Gasteiger partial charge in [-0.2, -0.15) is 4.20 Å². The van der Waals surface area contributed by atoms with Gasteiger partial charge in [-0.15, -0.1) is 0 Å². The Kier molecular flexibility index (Phi) is 5.00. The predicted octanol–water partition coefficient (Wildman–Crippen LogP) is 4.65. The van der Waals surface area contributed by atoms with Gasteiger partial charge in [0, 0.05) is 0 Å². The van der Waals surface area contributed by atoms with E-state index in [0.29, 0.717) is 17.8 Å². The minimum atomic E-state index is -3.85. The van der Waals surface area contributed by atoms with Crippen LogP contribution in [0.15, 0.2) is 0 Å². The van der Waals surface area contributed by atoms with Gasteiger partial charge >= 0.3 is 7.68 Å². The highest BCUT2D eigenvalue weighted by molar-refractivity contribution is 7.53. The van der Waals surface area contributed by atoms with E-state index in [1.54, 1.807) is 6.92 Å². The topological polar surface area (TPSA) is 26.3 Å². The van der Waals surface area contributed by atoms with Gasteiger partial charge in [-0.3, -0.25) is 4.57 Å². The van der Waals surface area contributed by atoms with Crippen molar-refractivity contribution < 1.29 is 13.3 Å². The van der Waals surface area contributed by atoms with Gasteiger partial charge in [0.25, 0.3) is 0 Å². The summed E-state index contributed by atoms with van der Waals surface area (Å²) in [4.78, 5) is 0. The maximum Gasteiger partial charge on any atom is 0.367 e. The van der Waals surface area contributed by atoms with Crippen molar-refractivity contribution in [3.63, 3.8) is 0 Å². The highest BCUT2D eigenvalue weighted by atomic mass is 31.2. The predicted molar refractivity (Wildman–Crippen MR) is 65.5 cm³/mol.